The Morgan fingerprint density at radius 2 is 2.10 bits per heavy atom. The van der Waals surface area contributed by atoms with Crippen molar-refractivity contribution < 1.29 is 9.18 Å². The van der Waals surface area contributed by atoms with Crippen LogP contribution >= 0.6 is 0 Å². The van der Waals surface area contributed by atoms with E-state index >= 15 is 0 Å². The number of aromatic nitrogens is 2. The minimum absolute atomic E-state index is 0.262. The number of aryl methyl sites for hydroxylation is 1. The molecule has 0 spiro atoms. The molecule has 0 radical (unpaired) electrons. The molecule has 1 N–H and O–H groups in total. The highest BCUT2D eigenvalue weighted by molar-refractivity contribution is 5.94. The predicted molar refractivity (Wildman–Crippen MR) is 78.7 cm³/mol. The zero-order valence-electron chi connectivity index (χ0n) is 12.2. The van der Waals surface area contributed by atoms with Crippen LogP contribution in [0.25, 0.3) is 0 Å². The number of carbonyl (C=O) groups excluding carboxylic acids is 1. The minimum Gasteiger partial charge on any atom is -0.347 e. The van der Waals surface area contributed by atoms with Crippen molar-refractivity contribution in [3.8, 4) is 0 Å². The number of rotatable bonds is 4. The number of benzene rings is 1. The maximum Gasteiger partial charge on any atom is 0.251 e. The van der Waals surface area contributed by atoms with Gasteiger partial charge in [0.15, 0.2) is 0 Å². The molecule has 110 valence electrons. The van der Waals surface area contributed by atoms with Crippen LogP contribution in [0.2, 0.25) is 0 Å². The van der Waals surface area contributed by atoms with Gasteiger partial charge in [0, 0.05) is 25.9 Å². The molecule has 21 heavy (non-hydrogen) atoms. The molecule has 2 aromatic rings. The Morgan fingerprint density at radius 3 is 2.76 bits per heavy atom. The van der Waals surface area contributed by atoms with Gasteiger partial charge in [-0.1, -0.05) is 6.07 Å². The van der Waals surface area contributed by atoms with Gasteiger partial charge < -0.3 is 10.2 Å². The van der Waals surface area contributed by atoms with E-state index in [2.05, 4.69) is 15.3 Å². The van der Waals surface area contributed by atoms with E-state index in [1.54, 1.807) is 36.2 Å². The van der Waals surface area contributed by atoms with Gasteiger partial charge in [0.25, 0.3) is 5.91 Å². The summed E-state index contributed by atoms with van der Waals surface area (Å²) in [5.74, 6) is -0.151. The molecule has 1 heterocycles. The summed E-state index contributed by atoms with van der Waals surface area (Å²) in [5.41, 5.74) is 1.49. The normalized spacial score (nSPS) is 10.3. The van der Waals surface area contributed by atoms with Crippen LogP contribution in [0.15, 0.2) is 30.5 Å². The lowest BCUT2D eigenvalue weighted by Crippen LogP contribution is -2.24. The van der Waals surface area contributed by atoms with Gasteiger partial charge >= 0.3 is 0 Å². The third-order valence-corrected chi connectivity index (χ3v) is 2.96. The molecule has 1 amide bonds. The second kappa shape index (κ2) is 6.30. The van der Waals surface area contributed by atoms with Crippen molar-refractivity contribution in [2.75, 3.05) is 19.0 Å². The second-order valence-corrected chi connectivity index (χ2v) is 4.89. The van der Waals surface area contributed by atoms with Crippen molar-refractivity contribution in [1.29, 1.82) is 0 Å². The standard InChI is InChI=1S/C15H17FN4O/c1-10-4-5-11(8-13(10)16)14(21)18-9-12-6-7-17-15(19-12)20(2)3/h4-8H,9H2,1-3H3,(H,18,21). The maximum absolute atomic E-state index is 13.4. The highest BCUT2D eigenvalue weighted by Gasteiger charge is 2.09. The third-order valence-electron chi connectivity index (χ3n) is 2.96. The van der Waals surface area contributed by atoms with Crippen LogP contribution in [0, 0.1) is 12.7 Å². The molecule has 0 fully saturated rings. The van der Waals surface area contributed by atoms with E-state index in [1.165, 1.54) is 6.07 Å². The molecule has 0 aliphatic carbocycles. The summed E-state index contributed by atoms with van der Waals surface area (Å²) < 4.78 is 13.4. The molecule has 0 bridgehead atoms. The molecule has 1 aromatic carbocycles. The molecule has 0 saturated carbocycles. The van der Waals surface area contributed by atoms with Gasteiger partial charge in [-0.3, -0.25) is 4.79 Å². The number of anilines is 1. The number of nitrogens with zero attached hydrogens (tertiary/aromatic N) is 3. The van der Waals surface area contributed by atoms with Gasteiger partial charge in [-0.2, -0.15) is 0 Å². The Morgan fingerprint density at radius 1 is 1.33 bits per heavy atom. The Hall–Kier alpha value is -2.50. The lowest BCUT2D eigenvalue weighted by Gasteiger charge is -2.11. The number of halogens is 1. The smallest absolute Gasteiger partial charge is 0.251 e. The summed E-state index contributed by atoms with van der Waals surface area (Å²) in [4.78, 5) is 22.1. The summed E-state index contributed by atoms with van der Waals surface area (Å²) in [7, 11) is 3.68. The van der Waals surface area contributed by atoms with E-state index < -0.39 is 0 Å². The average molecular weight is 288 g/mol. The van der Waals surface area contributed by atoms with Crippen molar-refractivity contribution >= 4 is 11.9 Å². The van der Waals surface area contributed by atoms with Crippen LogP contribution in [0.5, 0.6) is 0 Å². The monoisotopic (exact) mass is 288 g/mol. The fourth-order valence-electron chi connectivity index (χ4n) is 1.71. The van der Waals surface area contributed by atoms with E-state index in [4.69, 9.17) is 0 Å². The van der Waals surface area contributed by atoms with Crippen molar-refractivity contribution in [3.05, 3.63) is 53.1 Å². The first-order valence-corrected chi connectivity index (χ1v) is 6.51. The van der Waals surface area contributed by atoms with Gasteiger partial charge in [0.1, 0.15) is 5.82 Å². The number of nitrogens with one attached hydrogen (secondary N) is 1. The summed E-state index contributed by atoms with van der Waals surface area (Å²) >= 11 is 0. The summed E-state index contributed by atoms with van der Waals surface area (Å²) in [5, 5.41) is 2.71. The second-order valence-electron chi connectivity index (χ2n) is 4.89. The van der Waals surface area contributed by atoms with E-state index in [9.17, 15) is 9.18 Å². The first-order chi connectivity index (χ1) is 9.97. The van der Waals surface area contributed by atoms with Crippen LogP contribution < -0.4 is 10.2 Å². The summed E-state index contributed by atoms with van der Waals surface area (Å²) in [6, 6.07) is 6.14. The first-order valence-electron chi connectivity index (χ1n) is 6.51. The van der Waals surface area contributed by atoms with E-state index in [-0.39, 0.29) is 18.3 Å². The highest BCUT2D eigenvalue weighted by Crippen LogP contribution is 2.09. The topological polar surface area (TPSA) is 58.1 Å². The fourth-order valence-corrected chi connectivity index (χ4v) is 1.71. The maximum atomic E-state index is 13.4. The van der Waals surface area contributed by atoms with Crippen LogP contribution in [-0.4, -0.2) is 30.0 Å². The van der Waals surface area contributed by atoms with Crippen LogP contribution in [0.1, 0.15) is 21.6 Å². The van der Waals surface area contributed by atoms with Crippen LogP contribution in [0.4, 0.5) is 10.3 Å². The fraction of sp³-hybridized carbons (Fsp3) is 0.267. The van der Waals surface area contributed by atoms with Gasteiger partial charge in [0.05, 0.1) is 12.2 Å². The molecule has 5 nitrogen and oxygen atoms in total. The molecular formula is C15H17FN4O. The highest BCUT2D eigenvalue weighted by atomic mass is 19.1. The first kappa shape index (κ1) is 14.9. The van der Waals surface area contributed by atoms with Gasteiger partial charge in [-0.15, -0.1) is 0 Å². The predicted octanol–water partition coefficient (Wildman–Crippen LogP) is 1.92. The van der Waals surface area contributed by atoms with Crippen molar-refractivity contribution in [2.24, 2.45) is 0 Å². The quantitative estimate of drug-likeness (QED) is 0.934. The van der Waals surface area contributed by atoms with E-state index in [1.807, 2.05) is 14.1 Å². The minimum atomic E-state index is -0.389. The molecule has 0 aliphatic rings. The molecule has 6 heteroatoms. The number of hydrogen-bond donors (Lipinski definition) is 1. The van der Waals surface area contributed by atoms with Crippen LogP contribution in [-0.2, 0) is 6.54 Å². The Balaban J connectivity index is 2.03. The number of amides is 1. The van der Waals surface area contributed by atoms with Gasteiger partial charge in [0.2, 0.25) is 5.95 Å². The average Bonchev–Trinajstić information content (AvgIpc) is 2.48. The summed E-state index contributed by atoms with van der Waals surface area (Å²) in [6.45, 7) is 1.92. The lowest BCUT2D eigenvalue weighted by molar-refractivity contribution is 0.0950. The van der Waals surface area contributed by atoms with Crippen LogP contribution in [0.3, 0.4) is 0 Å². The molecule has 0 unspecified atom stereocenters. The molecule has 0 atom stereocenters. The molecule has 1 aromatic heterocycles. The summed E-state index contributed by atoms with van der Waals surface area (Å²) in [6.07, 6.45) is 1.63. The van der Waals surface area contributed by atoms with E-state index in [0.717, 1.165) is 0 Å². The zero-order valence-corrected chi connectivity index (χ0v) is 12.2. The van der Waals surface area contributed by atoms with E-state index in [0.29, 0.717) is 22.8 Å². The largest absolute Gasteiger partial charge is 0.347 e. The number of hydrogen-bond acceptors (Lipinski definition) is 4. The Kier molecular flexibility index (Phi) is 4.47. The van der Waals surface area contributed by atoms with Gasteiger partial charge in [-0.25, -0.2) is 14.4 Å². The van der Waals surface area contributed by atoms with Crippen molar-refractivity contribution in [3.63, 3.8) is 0 Å². The molecule has 0 aliphatic heterocycles. The zero-order chi connectivity index (χ0) is 15.4. The van der Waals surface area contributed by atoms with Crippen molar-refractivity contribution in [1.82, 2.24) is 15.3 Å². The Bertz CT molecular complexity index is 658. The SMILES string of the molecule is Cc1ccc(C(=O)NCc2ccnc(N(C)C)n2)cc1F. The molecular weight excluding hydrogens is 271 g/mol. The molecule has 0 saturated heterocycles. The van der Waals surface area contributed by atoms with Crippen molar-refractivity contribution in [2.45, 2.75) is 13.5 Å². The molecule has 2 rings (SSSR count). The number of carbonyl (C=O) groups is 1. The lowest BCUT2D eigenvalue weighted by atomic mass is 10.1. The third kappa shape index (κ3) is 3.75. The Labute approximate surface area is 122 Å². The van der Waals surface area contributed by atoms with Gasteiger partial charge in [-0.05, 0) is 30.7 Å².